The molecule has 0 aliphatic carbocycles. The first-order chi connectivity index (χ1) is 7.52. The number of esters is 1. The van der Waals surface area contributed by atoms with Crippen molar-refractivity contribution in [1.82, 2.24) is 4.57 Å². The Hall–Kier alpha value is -1.82. The van der Waals surface area contributed by atoms with Gasteiger partial charge >= 0.3 is 11.9 Å². The lowest BCUT2D eigenvalue weighted by molar-refractivity contribution is -0.138. The van der Waals surface area contributed by atoms with Gasteiger partial charge in [-0.15, -0.1) is 0 Å². The number of carboxylic acid groups (broad SMARTS) is 1. The number of ether oxygens (including phenoxy) is 1. The molecule has 0 bridgehead atoms. The second-order valence-corrected chi connectivity index (χ2v) is 3.32. The summed E-state index contributed by atoms with van der Waals surface area (Å²) in [6.45, 7) is -0.0200. The molecule has 1 aromatic rings. The van der Waals surface area contributed by atoms with Gasteiger partial charge < -0.3 is 20.1 Å². The van der Waals surface area contributed by atoms with Gasteiger partial charge in [0.15, 0.2) is 0 Å². The number of carbonyl (C=O) groups is 2. The van der Waals surface area contributed by atoms with E-state index in [1.807, 2.05) is 0 Å². The largest absolute Gasteiger partial charge is 0.481 e. The summed E-state index contributed by atoms with van der Waals surface area (Å²) in [6.07, 6.45) is 0. The van der Waals surface area contributed by atoms with Crippen LogP contribution >= 0.6 is 0 Å². The third-order valence-corrected chi connectivity index (χ3v) is 2.45. The predicted octanol–water partition coefficient (Wildman–Crippen LogP) is -0.0614. The molecule has 0 saturated heterocycles. The third-order valence-electron chi connectivity index (χ3n) is 2.45. The van der Waals surface area contributed by atoms with Gasteiger partial charge in [0.2, 0.25) is 0 Å². The van der Waals surface area contributed by atoms with E-state index >= 15 is 0 Å². The predicted molar refractivity (Wildman–Crippen MR) is 56.2 cm³/mol. The Morgan fingerprint density at radius 1 is 1.56 bits per heavy atom. The van der Waals surface area contributed by atoms with Crippen molar-refractivity contribution in [2.75, 3.05) is 13.7 Å². The van der Waals surface area contributed by atoms with E-state index in [1.165, 1.54) is 17.7 Å². The van der Waals surface area contributed by atoms with E-state index in [-0.39, 0.29) is 6.54 Å². The molecule has 3 N–H and O–H groups in total. The number of hydrogen-bond acceptors (Lipinski definition) is 4. The first-order valence-corrected chi connectivity index (χ1v) is 4.69. The number of nitrogens with zero attached hydrogens (tertiary/aromatic N) is 1. The number of aliphatic carboxylic acids is 1. The summed E-state index contributed by atoms with van der Waals surface area (Å²) in [6, 6.07) is 3.09. The fourth-order valence-corrected chi connectivity index (χ4v) is 1.53. The van der Waals surface area contributed by atoms with Crippen LogP contribution in [0.25, 0.3) is 0 Å². The zero-order chi connectivity index (χ0) is 12.3. The zero-order valence-corrected chi connectivity index (χ0v) is 9.14. The number of methoxy groups -OCH3 is 1. The van der Waals surface area contributed by atoms with Crippen LogP contribution in [0.5, 0.6) is 0 Å². The van der Waals surface area contributed by atoms with Crippen molar-refractivity contribution in [2.45, 2.75) is 5.92 Å². The van der Waals surface area contributed by atoms with Crippen LogP contribution in [-0.4, -0.2) is 35.3 Å². The second-order valence-electron chi connectivity index (χ2n) is 3.32. The van der Waals surface area contributed by atoms with E-state index in [9.17, 15) is 9.59 Å². The molecular weight excluding hydrogens is 212 g/mol. The second kappa shape index (κ2) is 4.80. The highest BCUT2D eigenvalue weighted by molar-refractivity contribution is 5.88. The van der Waals surface area contributed by atoms with Crippen LogP contribution in [-0.2, 0) is 16.6 Å². The lowest BCUT2D eigenvalue weighted by atomic mass is 10.1. The smallest absolute Gasteiger partial charge is 0.354 e. The molecule has 0 aliphatic heterocycles. The molecule has 1 aromatic heterocycles. The zero-order valence-electron chi connectivity index (χ0n) is 9.14. The van der Waals surface area contributed by atoms with Crippen LogP contribution in [0.1, 0.15) is 22.1 Å². The van der Waals surface area contributed by atoms with Crippen molar-refractivity contribution in [3.8, 4) is 0 Å². The van der Waals surface area contributed by atoms with Gasteiger partial charge in [-0.3, -0.25) is 4.79 Å². The molecule has 6 nitrogen and oxygen atoms in total. The van der Waals surface area contributed by atoms with Crippen LogP contribution in [0, 0.1) is 0 Å². The first kappa shape index (κ1) is 12.3. The molecule has 1 rings (SSSR count). The average molecular weight is 226 g/mol. The van der Waals surface area contributed by atoms with Crippen LogP contribution in [0.3, 0.4) is 0 Å². The number of hydrogen-bond donors (Lipinski definition) is 2. The molecule has 0 amide bonds. The maximum absolute atomic E-state index is 11.3. The van der Waals surface area contributed by atoms with Crippen molar-refractivity contribution in [3.63, 3.8) is 0 Å². The Morgan fingerprint density at radius 3 is 2.62 bits per heavy atom. The highest BCUT2D eigenvalue weighted by Gasteiger charge is 2.23. The quantitative estimate of drug-likeness (QED) is 0.701. The van der Waals surface area contributed by atoms with E-state index < -0.39 is 17.9 Å². The summed E-state index contributed by atoms with van der Waals surface area (Å²) in [4.78, 5) is 22.2. The Balaban J connectivity index is 3.12. The number of rotatable bonds is 4. The van der Waals surface area contributed by atoms with E-state index in [2.05, 4.69) is 4.74 Å². The standard InChI is InChI=1S/C10H14N2O4/c1-12-7(6(5-11)9(13)14)3-4-8(12)10(15)16-2/h3-4,6H,5,11H2,1-2H3,(H,13,14). The van der Waals surface area contributed by atoms with Crippen molar-refractivity contribution in [1.29, 1.82) is 0 Å². The number of nitrogens with two attached hydrogens (primary N) is 1. The minimum atomic E-state index is -1.01. The van der Waals surface area contributed by atoms with Gasteiger partial charge in [-0.1, -0.05) is 0 Å². The van der Waals surface area contributed by atoms with Gasteiger partial charge in [-0.2, -0.15) is 0 Å². The SMILES string of the molecule is COC(=O)c1ccc(C(CN)C(=O)O)n1C. The fraction of sp³-hybridized carbons (Fsp3) is 0.400. The topological polar surface area (TPSA) is 94.6 Å². The monoisotopic (exact) mass is 226 g/mol. The number of carbonyl (C=O) groups excluding carboxylic acids is 1. The molecule has 1 atom stereocenters. The minimum Gasteiger partial charge on any atom is -0.481 e. The lowest BCUT2D eigenvalue weighted by Gasteiger charge is -2.12. The summed E-state index contributed by atoms with van der Waals surface area (Å²) in [5, 5.41) is 8.95. The Morgan fingerprint density at radius 2 is 2.19 bits per heavy atom. The fourth-order valence-electron chi connectivity index (χ4n) is 1.53. The molecule has 1 heterocycles. The Bertz CT molecular complexity index is 411. The average Bonchev–Trinajstić information content (AvgIpc) is 2.61. The van der Waals surface area contributed by atoms with Crippen molar-refractivity contribution >= 4 is 11.9 Å². The summed E-state index contributed by atoms with van der Waals surface area (Å²) in [5.41, 5.74) is 6.17. The normalized spacial score (nSPS) is 12.2. The van der Waals surface area contributed by atoms with Gasteiger partial charge in [0.25, 0.3) is 0 Å². The molecule has 6 heteroatoms. The Kier molecular flexibility index (Phi) is 3.68. The van der Waals surface area contributed by atoms with Gasteiger partial charge in [-0.05, 0) is 12.1 Å². The van der Waals surface area contributed by atoms with Crippen LogP contribution in [0.4, 0.5) is 0 Å². The molecule has 0 aromatic carbocycles. The summed E-state index contributed by atoms with van der Waals surface area (Å²) in [7, 11) is 2.87. The third kappa shape index (κ3) is 2.06. The lowest BCUT2D eigenvalue weighted by Crippen LogP contribution is -2.24. The van der Waals surface area contributed by atoms with Crippen molar-refractivity contribution in [2.24, 2.45) is 12.8 Å². The molecule has 0 aliphatic rings. The highest BCUT2D eigenvalue weighted by Crippen LogP contribution is 2.18. The van der Waals surface area contributed by atoms with E-state index in [4.69, 9.17) is 10.8 Å². The summed E-state index contributed by atoms with van der Waals surface area (Å²) in [5.74, 6) is -2.33. The molecule has 1 unspecified atom stereocenters. The van der Waals surface area contributed by atoms with Gasteiger partial charge in [-0.25, -0.2) is 4.79 Å². The van der Waals surface area contributed by atoms with Crippen molar-refractivity contribution < 1.29 is 19.4 Å². The maximum Gasteiger partial charge on any atom is 0.354 e. The summed E-state index contributed by atoms with van der Waals surface area (Å²) < 4.78 is 6.05. The van der Waals surface area contributed by atoms with Gasteiger partial charge in [0.1, 0.15) is 11.6 Å². The first-order valence-electron chi connectivity index (χ1n) is 4.69. The Labute approximate surface area is 92.6 Å². The molecule has 88 valence electrons. The molecule has 0 spiro atoms. The van der Waals surface area contributed by atoms with Gasteiger partial charge in [0.05, 0.1) is 7.11 Å². The molecule has 0 radical (unpaired) electrons. The molecule has 0 fully saturated rings. The summed E-state index contributed by atoms with van der Waals surface area (Å²) >= 11 is 0. The minimum absolute atomic E-state index is 0.0200. The molecule has 16 heavy (non-hydrogen) atoms. The number of aromatic nitrogens is 1. The van der Waals surface area contributed by atoms with Gasteiger partial charge in [0, 0.05) is 19.3 Å². The molecule has 0 saturated carbocycles. The van der Waals surface area contributed by atoms with Crippen LogP contribution < -0.4 is 5.73 Å². The van der Waals surface area contributed by atoms with Crippen LogP contribution in [0.15, 0.2) is 12.1 Å². The van der Waals surface area contributed by atoms with E-state index in [1.54, 1.807) is 13.1 Å². The highest BCUT2D eigenvalue weighted by atomic mass is 16.5. The van der Waals surface area contributed by atoms with Crippen molar-refractivity contribution in [3.05, 3.63) is 23.5 Å². The number of carboxylic acids is 1. The molecular formula is C10H14N2O4. The van der Waals surface area contributed by atoms with E-state index in [0.717, 1.165) is 0 Å². The van der Waals surface area contributed by atoms with Crippen LogP contribution in [0.2, 0.25) is 0 Å². The van der Waals surface area contributed by atoms with E-state index in [0.29, 0.717) is 11.4 Å². The maximum atomic E-state index is 11.3.